The molecule has 0 atom stereocenters. The van der Waals surface area contributed by atoms with E-state index >= 15 is 0 Å². The molecule has 2 aromatic heterocycles. The molecule has 0 fully saturated rings. The molecule has 0 unspecified atom stereocenters. The first-order valence-corrected chi connectivity index (χ1v) is 6.65. The average Bonchev–Trinajstić information content (AvgIpc) is 2.76. The van der Waals surface area contributed by atoms with Crippen LogP contribution >= 0.6 is 0 Å². The van der Waals surface area contributed by atoms with E-state index in [1.165, 1.54) is 6.07 Å². The standard InChI is InChI=1S/C16H16N4O/c1-10-4-3-5-11(8-10)14-15(19-20(2)16(14)17)12-6-7-13(21)18-9-12/h3-9H,17H2,1-2H3,(H,18,21). The summed E-state index contributed by atoms with van der Waals surface area (Å²) in [6.07, 6.45) is 1.66. The summed E-state index contributed by atoms with van der Waals surface area (Å²) in [5.41, 5.74) is 10.7. The van der Waals surface area contributed by atoms with E-state index in [0.29, 0.717) is 5.82 Å². The zero-order valence-corrected chi connectivity index (χ0v) is 11.9. The maximum atomic E-state index is 11.2. The summed E-state index contributed by atoms with van der Waals surface area (Å²) in [6.45, 7) is 2.04. The molecule has 0 saturated heterocycles. The Balaban J connectivity index is 2.25. The average molecular weight is 280 g/mol. The Labute approximate surface area is 122 Å². The molecule has 3 rings (SSSR count). The van der Waals surface area contributed by atoms with Gasteiger partial charge in [0.15, 0.2) is 0 Å². The number of benzene rings is 1. The monoisotopic (exact) mass is 280 g/mol. The predicted molar refractivity (Wildman–Crippen MR) is 83.9 cm³/mol. The van der Waals surface area contributed by atoms with Crippen LogP contribution in [0.25, 0.3) is 22.4 Å². The van der Waals surface area contributed by atoms with Crippen molar-refractivity contribution < 1.29 is 0 Å². The number of hydrogen-bond acceptors (Lipinski definition) is 3. The van der Waals surface area contributed by atoms with Gasteiger partial charge in [0.1, 0.15) is 11.5 Å². The van der Waals surface area contributed by atoms with Crippen molar-refractivity contribution in [2.75, 3.05) is 5.73 Å². The second-order valence-electron chi connectivity index (χ2n) is 5.04. The largest absolute Gasteiger partial charge is 0.383 e. The van der Waals surface area contributed by atoms with Gasteiger partial charge in [-0.05, 0) is 18.6 Å². The van der Waals surface area contributed by atoms with E-state index in [1.54, 1.807) is 16.9 Å². The van der Waals surface area contributed by atoms with Crippen molar-refractivity contribution >= 4 is 5.82 Å². The van der Waals surface area contributed by atoms with Crippen molar-refractivity contribution in [3.05, 3.63) is 58.5 Å². The molecular weight excluding hydrogens is 264 g/mol. The minimum atomic E-state index is -0.139. The van der Waals surface area contributed by atoms with Crippen molar-refractivity contribution in [2.24, 2.45) is 7.05 Å². The molecule has 3 N–H and O–H groups in total. The smallest absolute Gasteiger partial charge is 0.247 e. The molecule has 0 aliphatic rings. The molecule has 21 heavy (non-hydrogen) atoms. The van der Waals surface area contributed by atoms with Crippen LogP contribution in [0.4, 0.5) is 5.82 Å². The molecular formula is C16H16N4O. The van der Waals surface area contributed by atoms with E-state index < -0.39 is 0 Å². The summed E-state index contributed by atoms with van der Waals surface area (Å²) in [7, 11) is 1.81. The normalized spacial score (nSPS) is 10.8. The van der Waals surface area contributed by atoms with Gasteiger partial charge in [-0.15, -0.1) is 0 Å². The summed E-state index contributed by atoms with van der Waals surface area (Å²) >= 11 is 0. The van der Waals surface area contributed by atoms with E-state index in [1.807, 2.05) is 32.2 Å². The van der Waals surface area contributed by atoms with Crippen LogP contribution < -0.4 is 11.3 Å². The Bertz CT molecular complexity index is 840. The molecule has 0 saturated carbocycles. The topological polar surface area (TPSA) is 76.7 Å². The Morgan fingerprint density at radius 1 is 1.19 bits per heavy atom. The third-order valence-electron chi connectivity index (χ3n) is 3.46. The molecule has 5 nitrogen and oxygen atoms in total. The zero-order valence-electron chi connectivity index (χ0n) is 11.9. The van der Waals surface area contributed by atoms with Crippen LogP contribution in [-0.4, -0.2) is 14.8 Å². The van der Waals surface area contributed by atoms with Crippen LogP contribution in [0.5, 0.6) is 0 Å². The second kappa shape index (κ2) is 4.94. The number of aryl methyl sites for hydroxylation is 2. The number of nitrogens with two attached hydrogens (primary N) is 1. The third-order valence-corrected chi connectivity index (χ3v) is 3.46. The van der Waals surface area contributed by atoms with Crippen molar-refractivity contribution in [3.8, 4) is 22.4 Å². The number of nitrogens with zero attached hydrogens (tertiary/aromatic N) is 2. The maximum absolute atomic E-state index is 11.2. The summed E-state index contributed by atoms with van der Waals surface area (Å²) in [5, 5.41) is 4.49. The van der Waals surface area contributed by atoms with Gasteiger partial charge in [0, 0.05) is 24.9 Å². The van der Waals surface area contributed by atoms with Crippen LogP contribution in [0, 0.1) is 6.92 Å². The number of rotatable bonds is 2. The lowest BCUT2D eigenvalue weighted by molar-refractivity contribution is 0.782. The Kier molecular flexibility index (Phi) is 3.10. The van der Waals surface area contributed by atoms with Gasteiger partial charge in [-0.1, -0.05) is 29.8 Å². The van der Waals surface area contributed by atoms with Crippen molar-refractivity contribution in [3.63, 3.8) is 0 Å². The SMILES string of the molecule is Cc1cccc(-c2c(-c3ccc(=O)[nH]c3)nn(C)c2N)c1. The van der Waals surface area contributed by atoms with E-state index in [2.05, 4.69) is 16.1 Å². The zero-order chi connectivity index (χ0) is 15.0. The van der Waals surface area contributed by atoms with Crippen molar-refractivity contribution in [1.82, 2.24) is 14.8 Å². The maximum Gasteiger partial charge on any atom is 0.247 e. The van der Waals surface area contributed by atoms with Gasteiger partial charge in [0.05, 0.1) is 5.56 Å². The lowest BCUT2D eigenvalue weighted by Gasteiger charge is -2.05. The molecule has 0 aliphatic heterocycles. The van der Waals surface area contributed by atoms with Crippen LogP contribution in [-0.2, 0) is 7.05 Å². The van der Waals surface area contributed by atoms with E-state index in [9.17, 15) is 4.79 Å². The molecule has 3 aromatic rings. The van der Waals surface area contributed by atoms with Gasteiger partial charge < -0.3 is 10.7 Å². The van der Waals surface area contributed by atoms with Crippen LogP contribution in [0.1, 0.15) is 5.56 Å². The molecule has 0 amide bonds. The molecule has 0 aliphatic carbocycles. The lowest BCUT2D eigenvalue weighted by Crippen LogP contribution is -2.01. The minimum absolute atomic E-state index is 0.139. The second-order valence-corrected chi connectivity index (χ2v) is 5.04. The van der Waals surface area contributed by atoms with Crippen LogP contribution in [0.2, 0.25) is 0 Å². The van der Waals surface area contributed by atoms with Crippen molar-refractivity contribution in [1.29, 1.82) is 0 Å². The fraction of sp³-hybridized carbons (Fsp3) is 0.125. The van der Waals surface area contributed by atoms with Crippen LogP contribution in [0.3, 0.4) is 0 Å². The Morgan fingerprint density at radius 2 is 2.00 bits per heavy atom. The predicted octanol–water partition coefficient (Wildman–Crippen LogP) is 2.33. The van der Waals surface area contributed by atoms with Crippen molar-refractivity contribution in [2.45, 2.75) is 6.92 Å². The number of aromatic nitrogens is 3. The molecule has 0 radical (unpaired) electrons. The minimum Gasteiger partial charge on any atom is -0.383 e. The van der Waals surface area contributed by atoms with Gasteiger partial charge in [0.2, 0.25) is 5.56 Å². The summed E-state index contributed by atoms with van der Waals surface area (Å²) in [6, 6.07) is 11.3. The highest BCUT2D eigenvalue weighted by molar-refractivity contribution is 5.88. The lowest BCUT2D eigenvalue weighted by atomic mass is 10.0. The van der Waals surface area contributed by atoms with E-state index in [0.717, 1.165) is 27.9 Å². The summed E-state index contributed by atoms with van der Waals surface area (Å²) in [4.78, 5) is 13.9. The van der Waals surface area contributed by atoms with Gasteiger partial charge in [-0.25, -0.2) is 0 Å². The number of aromatic amines is 1. The molecule has 1 aromatic carbocycles. The van der Waals surface area contributed by atoms with Crippen LogP contribution in [0.15, 0.2) is 47.4 Å². The van der Waals surface area contributed by atoms with Gasteiger partial charge >= 0.3 is 0 Å². The first-order chi connectivity index (χ1) is 10.1. The molecule has 2 heterocycles. The quantitative estimate of drug-likeness (QED) is 0.756. The fourth-order valence-electron chi connectivity index (χ4n) is 2.38. The summed E-state index contributed by atoms with van der Waals surface area (Å²) in [5.74, 6) is 0.599. The summed E-state index contributed by atoms with van der Waals surface area (Å²) < 4.78 is 1.65. The number of hydrogen-bond donors (Lipinski definition) is 2. The molecule has 0 spiro atoms. The fourth-order valence-corrected chi connectivity index (χ4v) is 2.38. The highest BCUT2D eigenvalue weighted by Gasteiger charge is 2.17. The first kappa shape index (κ1) is 13.2. The Hall–Kier alpha value is -2.82. The number of nitrogens with one attached hydrogen (secondary N) is 1. The van der Waals surface area contributed by atoms with Gasteiger partial charge in [0.25, 0.3) is 0 Å². The molecule has 5 heteroatoms. The molecule has 0 bridgehead atoms. The van der Waals surface area contributed by atoms with Gasteiger partial charge in [-0.3, -0.25) is 9.48 Å². The number of nitrogen functional groups attached to an aromatic ring is 1. The van der Waals surface area contributed by atoms with E-state index in [4.69, 9.17) is 5.73 Å². The highest BCUT2D eigenvalue weighted by atomic mass is 16.1. The Morgan fingerprint density at radius 3 is 2.67 bits per heavy atom. The highest BCUT2D eigenvalue weighted by Crippen LogP contribution is 2.35. The number of pyridine rings is 1. The van der Waals surface area contributed by atoms with E-state index in [-0.39, 0.29) is 5.56 Å². The molecule has 106 valence electrons. The number of anilines is 1. The van der Waals surface area contributed by atoms with Gasteiger partial charge in [-0.2, -0.15) is 5.10 Å². The first-order valence-electron chi connectivity index (χ1n) is 6.65. The number of H-pyrrole nitrogens is 1. The third kappa shape index (κ3) is 2.33.